The minimum atomic E-state index is -0.117. The van der Waals surface area contributed by atoms with Gasteiger partial charge in [0.1, 0.15) is 0 Å². The molecule has 0 aliphatic heterocycles. The minimum Gasteiger partial charge on any atom is -0.322 e. The molecule has 110 valence electrons. The SMILES string of the molecule is CC(C)(C)c1ccccc1NC(=O)c1cc(Br)cc(Br)c1. The van der Waals surface area contributed by atoms with Gasteiger partial charge in [-0.15, -0.1) is 0 Å². The number of para-hydroxylation sites is 1. The number of nitrogens with one attached hydrogen (secondary N) is 1. The van der Waals surface area contributed by atoms with Crippen LogP contribution in [0.4, 0.5) is 5.69 Å². The standard InChI is InChI=1S/C17H17Br2NO/c1-17(2,3)14-6-4-5-7-15(14)20-16(21)11-8-12(18)10-13(19)9-11/h4-10H,1-3H3,(H,20,21). The van der Waals surface area contributed by atoms with Gasteiger partial charge in [0.25, 0.3) is 5.91 Å². The van der Waals surface area contributed by atoms with Gasteiger partial charge in [-0.1, -0.05) is 70.8 Å². The van der Waals surface area contributed by atoms with Crippen molar-refractivity contribution in [2.45, 2.75) is 26.2 Å². The lowest BCUT2D eigenvalue weighted by molar-refractivity contribution is 0.102. The average Bonchev–Trinajstić information content (AvgIpc) is 2.37. The Kier molecular flexibility index (Phi) is 4.89. The Morgan fingerprint density at radius 1 is 1.00 bits per heavy atom. The van der Waals surface area contributed by atoms with Crippen molar-refractivity contribution in [1.82, 2.24) is 0 Å². The molecule has 0 saturated heterocycles. The first-order valence-electron chi connectivity index (χ1n) is 6.64. The number of hydrogen-bond donors (Lipinski definition) is 1. The molecule has 0 atom stereocenters. The first-order valence-corrected chi connectivity index (χ1v) is 8.23. The molecule has 2 aromatic rings. The summed E-state index contributed by atoms with van der Waals surface area (Å²) in [5, 5.41) is 3.01. The molecule has 0 saturated carbocycles. The van der Waals surface area contributed by atoms with Gasteiger partial charge >= 0.3 is 0 Å². The molecule has 0 fully saturated rings. The first kappa shape index (κ1) is 16.2. The van der Waals surface area contributed by atoms with Crippen molar-refractivity contribution >= 4 is 43.5 Å². The lowest BCUT2D eigenvalue weighted by Gasteiger charge is -2.23. The molecule has 4 heteroatoms. The van der Waals surface area contributed by atoms with E-state index in [1.807, 2.05) is 30.3 Å². The summed E-state index contributed by atoms with van der Waals surface area (Å²) in [5.74, 6) is -0.117. The van der Waals surface area contributed by atoms with E-state index in [2.05, 4.69) is 57.9 Å². The molecular formula is C17H17Br2NO. The Balaban J connectivity index is 2.32. The van der Waals surface area contributed by atoms with Crippen LogP contribution in [0.1, 0.15) is 36.7 Å². The molecule has 0 aliphatic carbocycles. The van der Waals surface area contributed by atoms with Crippen LogP contribution in [-0.2, 0) is 5.41 Å². The highest BCUT2D eigenvalue weighted by Gasteiger charge is 2.19. The van der Waals surface area contributed by atoms with E-state index in [4.69, 9.17) is 0 Å². The monoisotopic (exact) mass is 409 g/mol. The van der Waals surface area contributed by atoms with E-state index in [9.17, 15) is 4.79 Å². The van der Waals surface area contributed by atoms with E-state index in [1.54, 1.807) is 12.1 Å². The van der Waals surface area contributed by atoms with Gasteiger partial charge in [-0.2, -0.15) is 0 Å². The van der Waals surface area contributed by atoms with Crippen molar-refractivity contribution < 1.29 is 4.79 Å². The normalized spacial score (nSPS) is 11.3. The fourth-order valence-electron chi connectivity index (χ4n) is 2.13. The van der Waals surface area contributed by atoms with Crippen molar-refractivity contribution in [3.63, 3.8) is 0 Å². The molecule has 2 rings (SSSR count). The predicted molar refractivity (Wildman–Crippen MR) is 94.9 cm³/mol. The quantitative estimate of drug-likeness (QED) is 0.669. The third-order valence-corrected chi connectivity index (χ3v) is 4.02. The molecule has 2 nitrogen and oxygen atoms in total. The maximum absolute atomic E-state index is 12.4. The van der Waals surface area contributed by atoms with Crippen molar-refractivity contribution in [2.24, 2.45) is 0 Å². The molecule has 0 aliphatic rings. The van der Waals surface area contributed by atoms with Crippen molar-refractivity contribution in [3.05, 3.63) is 62.5 Å². The van der Waals surface area contributed by atoms with Crippen molar-refractivity contribution in [2.75, 3.05) is 5.32 Å². The number of amides is 1. The third kappa shape index (κ3) is 4.17. The van der Waals surface area contributed by atoms with Crippen LogP contribution in [0.2, 0.25) is 0 Å². The van der Waals surface area contributed by atoms with Crippen LogP contribution >= 0.6 is 31.9 Å². The molecule has 0 radical (unpaired) electrons. The largest absolute Gasteiger partial charge is 0.322 e. The molecule has 0 unspecified atom stereocenters. The zero-order chi connectivity index (χ0) is 15.6. The summed E-state index contributed by atoms with van der Waals surface area (Å²) in [6.07, 6.45) is 0. The zero-order valence-electron chi connectivity index (χ0n) is 12.2. The van der Waals surface area contributed by atoms with E-state index in [-0.39, 0.29) is 11.3 Å². The summed E-state index contributed by atoms with van der Waals surface area (Å²) in [6.45, 7) is 6.40. The number of benzene rings is 2. The molecule has 0 heterocycles. The maximum Gasteiger partial charge on any atom is 0.255 e. The van der Waals surface area contributed by atoms with Gasteiger partial charge < -0.3 is 5.32 Å². The Morgan fingerprint density at radius 3 is 2.14 bits per heavy atom. The minimum absolute atomic E-state index is 0.0261. The van der Waals surface area contributed by atoms with Gasteiger partial charge in [-0.3, -0.25) is 4.79 Å². The molecule has 1 N–H and O–H groups in total. The number of rotatable bonds is 2. The van der Waals surface area contributed by atoms with E-state index in [0.717, 1.165) is 20.2 Å². The fraction of sp³-hybridized carbons (Fsp3) is 0.235. The van der Waals surface area contributed by atoms with E-state index < -0.39 is 0 Å². The smallest absolute Gasteiger partial charge is 0.255 e. The Hall–Kier alpha value is -1.13. The molecule has 0 spiro atoms. The number of carbonyl (C=O) groups excluding carboxylic acids is 1. The second kappa shape index (κ2) is 6.32. The highest BCUT2D eigenvalue weighted by molar-refractivity contribution is 9.11. The summed E-state index contributed by atoms with van der Waals surface area (Å²) < 4.78 is 1.73. The number of carbonyl (C=O) groups is 1. The lowest BCUT2D eigenvalue weighted by Crippen LogP contribution is -2.18. The van der Waals surface area contributed by atoms with E-state index in [1.165, 1.54) is 0 Å². The van der Waals surface area contributed by atoms with Crippen LogP contribution in [0.25, 0.3) is 0 Å². The maximum atomic E-state index is 12.4. The Labute approximate surface area is 142 Å². The van der Waals surface area contributed by atoms with Crippen LogP contribution < -0.4 is 5.32 Å². The number of hydrogen-bond acceptors (Lipinski definition) is 1. The zero-order valence-corrected chi connectivity index (χ0v) is 15.4. The van der Waals surface area contributed by atoms with E-state index in [0.29, 0.717) is 5.56 Å². The Morgan fingerprint density at radius 2 is 1.57 bits per heavy atom. The molecule has 1 amide bonds. The summed E-state index contributed by atoms with van der Waals surface area (Å²) in [5.41, 5.74) is 2.56. The Bertz CT molecular complexity index is 654. The molecule has 21 heavy (non-hydrogen) atoms. The van der Waals surface area contributed by atoms with Crippen LogP contribution in [0.3, 0.4) is 0 Å². The summed E-state index contributed by atoms with van der Waals surface area (Å²) in [6, 6.07) is 13.4. The van der Waals surface area contributed by atoms with Gasteiger partial charge in [0, 0.05) is 20.2 Å². The van der Waals surface area contributed by atoms with Crippen molar-refractivity contribution in [3.8, 4) is 0 Å². The van der Waals surface area contributed by atoms with Gasteiger partial charge in [-0.25, -0.2) is 0 Å². The second-order valence-electron chi connectivity index (χ2n) is 5.91. The van der Waals surface area contributed by atoms with Crippen molar-refractivity contribution in [1.29, 1.82) is 0 Å². The second-order valence-corrected chi connectivity index (χ2v) is 7.74. The molecular weight excluding hydrogens is 394 g/mol. The average molecular weight is 411 g/mol. The van der Waals surface area contributed by atoms with Gasteiger partial charge in [-0.05, 0) is 35.2 Å². The lowest BCUT2D eigenvalue weighted by atomic mass is 9.86. The van der Waals surface area contributed by atoms with Crippen LogP contribution in [0, 0.1) is 0 Å². The summed E-state index contributed by atoms with van der Waals surface area (Å²) >= 11 is 6.81. The topological polar surface area (TPSA) is 29.1 Å². The highest BCUT2D eigenvalue weighted by atomic mass is 79.9. The summed E-state index contributed by atoms with van der Waals surface area (Å²) in [7, 11) is 0. The molecule has 0 bridgehead atoms. The molecule has 0 aromatic heterocycles. The number of halogens is 2. The molecule has 2 aromatic carbocycles. The number of anilines is 1. The fourth-order valence-corrected chi connectivity index (χ4v) is 3.42. The van der Waals surface area contributed by atoms with Crippen LogP contribution in [-0.4, -0.2) is 5.91 Å². The van der Waals surface area contributed by atoms with Gasteiger partial charge in [0.05, 0.1) is 0 Å². The third-order valence-electron chi connectivity index (χ3n) is 3.11. The highest BCUT2D eigenvalue weighted by Crippen LogP contribution is 2.30. The van der Waals surface area contributed by atoms with Crippen LogP contribution in [0.15, 0.2) is 51.4 Å². The van der Waals surface area contributed by atoms with E-state index >= 15 is 0 Å². The van der Waals surface area contributed by atoms with Gasteiger partial charge in [0.2, 0.25) is 0 Å². The first-order chi connectivity index (χ1) is 9.77. The van der Waals surface area contributed by atoms with Crippen LogP contribution in [0.5, 0.6) is 0 Å². The van der Waals surface area contributed by atoms with Gasteiger partial charge in [0.15, 0.2) is 0 Å². The summed E-state index contributed by atoms with van der Waals surface area (Å²) in [4.78, 5) is 12.4. The predicted octanol–water partition coefficient (Wildman–Crippen LogP) is 5.76.